The van der Waals surface area contributed by atoms with Crippen LogP contribution in [-0.2, 0) is 6.54 Å². The van der Waals surface area contributed by atoms with Gasteiger partial charge in [-0.1, -0.05) is 12.1 Å². The number of amides is 1. The summed E-state index contributed by atoms with van der Waals surface area (Å²) in [4.78, 5) is 25.0. The number of benzene rings is 1. The standard InChI is InChI=1S/C17H13N5O2S/c18-17-21-11(13-5-3-7-24-13)8-12(22-17)16(23)19-9-15-20-10-4-1-2-6-14(10)25-15/h1-8H,9H2,(H,19,23)(H2,18,21,22). The molecule has 0 bridgehead atoms. The van der Waals surface area contributed by atoms with E-state index in [9.17, 15) is 4.79 Å². The molecule has 0 spiro atoms. The predicted octanol–water partition coefficient (Wildman–Crippen LogP) is 2.86. The van der Waals surface area contributed by atoms with Crippen LogP contribution in [0.25, 0.3) is 21.7 Å². The van der Waals surface area contributed by atoms with E-state index >= 15 is 0 Å². The molecule has 4 aromatic rings. The van der Waals surface area contributed by atoms with Gasteiger partial charge in [-0.15, -0.1) is 11.3 Å². The molecule has 0 radical (unpaired) electrons. The van der Waals surface area contributed by atoms with Crippen molar-refractivity contribution in [1.82, 2.24) is 20.3 Å². The van der Waals surface area contributed by atoms with Gasteiger partial charge in [0.2, 0.25) is 5.95 Å². The molecule has 0 unspecified atom stereocenters. The molecule has 124 valence electrons. The van der Waals surface area contributed by atoms with Crippen molar-refractivity contribution in [1.29, 1.82) is 0 Å². The molecule has 7 nitrogen and oxygen atoms in total. The van der Waals surface area contributed by atoms with Crippen molar-refractivity contribution in [3.8, 4) is 11.5 Å². The molecule has 1 aromatic carbocycles. The number of thiazole rings is 1. The Morgan fingerprint density at radius 2 is 2.04 bits per heavy atom. The molecule has 0 aliphatic heterocycles. The topological polar surface area (TPSA) is 107 Å². The van der Waals surface area contributed by atoms with Gasteiger partial charge >= 0.3 is 0 Å². The minimum Gasteiger partial charge on any atom is -0.463 e. The van der Waals surface area contributed by atoms with Crippen molar-refractivity contribution < 1.29 is 9.21 Å². The summed E-state index contributed by atoms with van der Waals surface area (Å²) in [5.74, 6) is 0.189. The number of hydrogen-bond donors (Lipinski definition) is 2. The second-order valence-electron chi connectivity index (χ2n) is 5.23. The molecule has 0 aliphatic rings. The third kappa shape index (κ3) is 3.20. The van der Waals surface area contributed by atoms with Crippen LogP contribution in [0.2, 0.25) is 0 Å². The van der Waals surface area contributed by atoms with Gasteiger partial charge in [-0.05, 0) is 30.3 Å². The fraction of sp³-hybridized carbons (Fsp3) is 0.0588. The number of fused-ring (bicyclic) bond motifs is 1. The van der Waals surface area contributed by atoms with Crippen LogP contribution >= 0.6 is 11.3 Å². The summed E-state index contributed by atoms with van der Waals surface area (Å²) in [6, 6.07) is 12.9. The molecule has 0 saturated carbocycles. The summed E-state index contributed by atoms with van der Waals surface area (Å²) < 4.78 is 6.37. The number of carbonyl (C=O) groups excluding carboxylic acids is 1. The average Bonchev–Trinajstić information content (AvgIpc) is 3.28. The van der Waals surface area contributed by atoms with Gasteiger partial charge in [0, 0.05) is 0 Å². The zero-order chi connectivity index (χ0) is 17.2. The van der Waals surface area contributed by atoms with E-state index in [2.05, 4.69) is 20.3 Å². The Labute approximate surface area is 146 Å². The molecular formula is C17H13N5O2S. The number of rotatable bonds is 4. The SMILES string of the molecule is Nc1nc(C(=O)NCc2nc3ccccc3s2)cc(-c2ccco2)n1. The van der Waals surface area contributed by atoms with E-state index in [-0.39, 0.29) is 17.5 Å². The fourth-order valence-corrected chi connectivity index (χ4v) is 3.28. The van der Waals surface area contributed by atoms with Gasteiger partial charge in [0.15, 0.2) is 5.76 Å². The Balaban J connectivity index is 1.52. The van der Waals surface area contributed by atoms with Crippen molar-refractivity contribution in [2.45, 2.75) is 6.54 Å². The number of nitrogens with two attached hydrogens (primary N) is 1. The molecular weight excluding hydrogens is 338 g/mol. The number of carbonyl (C=O) groups is 1. The van der Waals surface area contributed by atoms with Crippen LogP contribution in [0.4, 0.5) is 5.95 Å². The van der Waals surface area contributed by atoms with Gasteiger partial charge < -0.3 is 15.5 Å². The maximum atomic E-state index is 12.4. The molecule has 1 amide bonds. The Bertz CT molecular complexity index is 1010. The van der Waals surface area contributed by atoms with Gasteiger partial charge in [-0.2, -0.15) is 0 Å². The highest BCUT2D eigenvalue weighted by Crippen LogP contribution is 2.22. The van der Waals surface area contributed by atoms with E-state index in [1.165, 1.54) is 6.26 Å². The first-order valence-corrected chi connectivity index (χ1v) is 8.32. The van der Waals surface area contributed by atoms with E-state index < -0.39 is 0 Å². The predicted molar refractivity (Wildman–Crippen MR) is 94.9 cm³/mol. The lowest BCUT2D eigenvalue weighted by molar-refractivity contribution is 0.0946. The number of nitrogen functional groups attached to an aromatic ring is 1. The summed E-state index contributed by atoms with van der Waals surface area (Å²) in [6.45, 7) is 0.318. The average molecular weight is 351 g/mol. The third-order valence-corrected chi connectivity index (χ3v) is 4.52. The number of furan rings is 1. The van der Waals surface area contributed by atoms with Crippen molar-refractivity contribution in [3.05, 3.63) is 59.4 Å². The van der Waals surface area contributed by atoms with Gasteiger partial charge in [0.05, 0.1) is 23.0 Å². The largest absolute Gasteiger partial charge is 0.463 e. The quantitative estimate of drug-likeness (QED) is 0.585. The summed E-state index contributed by atoms with van der Waals surface area (Å²) in [5, 5.41) is 3.63. The second-order valence-corrected chi connectivity index (χ2v) is 6.35. The third-order valence-electron chi connectivity index (χ3n) is 3.49. The molecule has 8 heteroatoms. The lowest BCUT2D eigenvalue weighted by Crippen LogP contribution is -2.24. The molecule has 0 aliphatic carbocycles. The van der Waals surface area contributed by atoms with Crippen LogP contribution in [-0.4, -0.2) is 20.9 Å². The summed E-state index contributed by atoms with van der Waals surface area (Å²) in [7, 11) is 0. The van der Waals surface area contributed by atoms with E-state index in [0.717, 1.165) is 15.2 Å². The van der Waals surface area contributed by atoms with Crippen LogP contribution in [0.15, 0.2) is 53.1 Å². The molecule has 3 aromatic heterocycles. The first-order valence-electron chi connectivity index (χ1n) is 7.50. The highest BCUT2D eigenvalue weighted by molar-refractivity contribution is 7.18. The summed E-state index contributed by atoms with van der Waals surface area (Å²) in [5.41, 5.74) is 7.27. The Hall–Kier alpha value is -3.26. The Morgan fingerprint density at radius 1 is 1.16 bits per heavy atom. The van der Waals surface area contributed by atoms with Crippen molar-refractivity contribution >= 4 is 33.4 Å². The van der Waals surface area contributed by atoms with Gasteiger partial charge in [-0.25, -0.2) is 15.0 Å². The molecule has 3 N–H and O–H groups in total. The van der Waals surface area contributed by atoms with Crippen LogP contribution in [0.3, 0.4) is 0 Å². The first kappa shape index (κ1) is 15.3. The lowest BCUT2D eigenvalue weighted by Gasteiger charge is -2.05. The molecule has 0 saturated heterocycles. The number of nitrogens with one attached hydrogen (secondary N) is 1. The summed E-state index contributed by atoms with van der Waals surface area (Å²) >= 11 is 1.54. The van der Waals surface area contributed by atoms with Gasteiger partial charge in [-0.3, -0.25) is 4.79 Å². The minimum absolute atomic E-state index is 0.0130. The van der Waals surface area contributed by atoms with E-state index in [0.29, 0.717) is 18.0 Å². The van der Waals surface area contributed by atoms with Gasteiger partial charge in [0.25, 0.3) is 5.91 Å². The summed E-state index contributed by atoms with van der Waals surface area (Å²) in [6.07, 6.45) is 1.53. The molecule has 0 atom stereocenters. The van der Waals surface area contributed by atoms with Crippen molar-refractivity contribution in [2.24, 2.45) is 0 Å². The zero-order valence-corrected chi connectivity index (χ0v) is 13.8. The normalized spacial score (nSPS) is 10.9. The Morgan fingerprint density at radius 3 is 2.84 bits per heavy atom. The Kier molecular flexibility index (Phi) is 3.87. The highest BCUT2D eigenvalue weighted by atomic mass is 32.1. The number of anilines is 1. The minimum atomic E-state index is -0.346. The molecule has 3 heterocycles. The lowest BCUT2D eigenvalue weighted by atomic mass is 10.2. The van der Waals surface area contributed by atoms with Gasteiger partial charge in [0.1, 0.15) is 16.4 Å². The van der Waals surface area contributed by atoms with E-state index in [4.69, 9.17) is 10.2 Å². The maximum Gasteiger partial charge on any atom is 0.270 e. The molecule has 0 fully saturated rings. The number of aromatic nitrogens is 3. The zero-order valence-electron chi connectivity index (χ0n) is 13.0. The van der Waals surface area contributed by atoms with Crippen molar-refractivity contribution in [3.63, 3.8) is 0 Å². The van der Waals surface area contributed by atoms with Crippen LogP contribution in [0, 0.1) is 0 Å². The van der Waals surface area contributed by atoms with Crippen LogP contribution < -0.4 is 11.1 Å². The van der Waals surface area contributed by atoms with Crippen molar-refractivity contribution in [2.75, 3.05) is 5.73 Å². The van der Waals surface area contributed by atoms with E-state index in [1.807, 2.05) is 24.3 Å². The first-order chi connectivity index (χ1) is 12.2. The van der Waals surface area contributed by atoms with Crippen LogP contribution in [0.1, 0.15) is 15.5 Å². The second kappa shape index (κ2) is 6.33. The molecule has 4 rings (SSSR count). The van der Waals surface area contributed by atoms with Crippen LogP contribution in [0.5, 0.6) is 0 Å². The maximum absolute atomic E-state index is 12.4. The monoisotopic (exact) mass is 351 g/mol. The number of hydrogen-bond acceptors (Lipinski definition) is 7. The van der Waals surface area contributed by atoms with E-state index in [1.54, 1.807) is 29.5 Å². The smallest absolute Gasteiger partial charge is 0.270 e. The fourth-order valence-electron chi connectivity index (χ4n) is 2.37. The highest BCUT2D eigenvalue weighted by Gasteiger charge is 2.14. The number of para-hydroxylation sites is 1. The molecule has 25 heavy (non-hydrogen) atoms. The number of nitrogens with zero attached hydrogens (tertiary/aromatic N) is 3.